The summed E-state index contributed by atoms with van der Waals surface area (Å²) in [6.07, 6.45) is 2.82. The molecule has 1 unspecified atom stereocenters. The fourth-order valence-electron chi connectivity index (χ4n) is 3.15. The highest BCUT2D eigenvalue weighted by atomic mass is 32.2. The highest BCUT2D eigenvalue weighted by molar-refractivity contribution is 7.88. The Hall–Kier alpha value is -3.41. The van der Waals surface area contributed by atoms with Crippen molar-refractivity contribution in [3.8, 4) is 11.4 Å². The Bertz CT molecular complexity index is 1320. The fourth-order valence-corrected chi connectivity index (χ4v) is 4.50. The molecule has 0 radical (unpaired) electrons. The molecule has 0 aliphatic carbocycles. The third kappa shape index (κ3) is 6.09. The van der Waals surface area contributed by atoms with Crippen molar-refractivity contribution >= 4 is 27.3 Å². The van der Waals surface area contributed by atoms with Gasteiger partial charge < -0.3 is 5.32 Å². The van der Waals surface area contributed by atoms with Gasteiger partial charge in [-0.15, -0.1) is 16.4 Å². The minimum atomic E-state index is -3.26. The molecule has 4 aromatic rings. The van der Waals surface area contributed by atoms with Gasteiger partial charge in [0.15, 0.2) is 0 Å². The maximum atomic E-state index is 12.8. The monoisotopic (exact) mass is 482 g/mol. The highest BCUT2D eigenvalue weighted by Gasteiger charge is 2.22. The Kier molecular flexibility index (Phi) is 6.92. The molecule has 0 fully saturated rings. The van der Waals surface area contributed by atoms with Gasteiger partial charge in [-0.1, -0.05) is 53.7 Å². The van der Waals surface area contributed by atoms with Crippen molar-refractivity contribution < 1.29 is 13.2 Å². The van der Waals surface area contributed by atoms with Crippen molar-refractivity contribution in [2.45, 2.75) is 12.6 Å². The number of rotatable bonds is 9. The molecule has 0 bridgehead atoms. The molecule has 33 heavy (non-hydrogen) atoms. The average molecular weight is 483 g/mol. The second kappa shape index (κ2) is 10.0. The van der Waals surface area contributed by atoms with Gasteiger partial charge in [-0.2, -0.15) is 0 Å². The summed E-state index contributed by atoms with van der Waals surface area (Å²) in [7, 11) is -3.26. The number of hydrogen-bond donors (Lipinski definition) is 2. The first-order chi connectivity index (χ1) is 15.9. The number of sulfonamides is 1. The number of nitrogens with zero attached hydrogens (tertiary/aromatic N) is 4. The molecule has 2 aromatic heterocycles. The molecule has 4 rings (SSSR count). The van der Waals surface area contributed by atoms with E-state index in [0.717, 1.165) is 11.8 Å². The van der Waals surface area contributed by atoms with Crippen molar-refractivity contribution in [3.63, 3.8) is 0 Å². The third-order valence-electron chi connectivity index (χ3n) is 4.72. The largest absolute Gasteiger partial charge is 0.339 e. The maximum absolute atomic E-state index is 12.8. The predicted octanol–water partition coefficient (Wildman–Crippen LogP) is 2.47. The number of nitrogens with one attached hydrogen (secondary N) is 2. The molecule has 2 aromatic carbocycles. The SMILES string of the molecule is CS(=O)(=O)NCCn1cc(-c2csc(C(NC(=O)c3ccccc3)c3ccccc3)n2)nn1. The van der Waals surface area contributed by atoms with Gasteiger partial charge in [-0.05, 0) is 17.7 Å². The standard InChI is InChI=1S/C22H22N6O3S2/c1-33(30,31)23-12-13-28-14-18(26-27-28)19-15-32-22(24-19)20(16-8-4-2-5-9-16)25-21(29)17-10-6-3-7-11-17/h2-11,14-15,20,23H,12-13H2,1H3,(H,25,29). The van der Waals surface area contributed by atoms with Crippen molar-refractivity contribution in [3.05, 3.63) is 88.4 Å². The van der Waals surface area contributed by atoms with Crippen LogP contribution in [0.2, 0.25) is 0 Å². The van der Waals surface area contributed by atoms with Gasteiger partial charge in [0, 0.05) is 17.5 Å². The van der Waals surface area contributed by atoms with Gasteiger partial charge >= 0.3 is 0 Å². The molecule has 2 N–H and O–H groups in total. The van der Waals surface area contributed by atoms with Crippen LogP contribution in [0.4, 0.5) is 0 Å². The number of aromatic nitrogens is 4. The second-order valence-corrected chi connectivity index (χ2v) is 10.0. The summed E-state index contributed by atoms with van der Waals surface area (Å²) in [5, 5.41) is 13.8. The fraction of sp³-hybridized carbons (Fsp3) is 0.182. The summed E-state index contributed by atoms with van der Waals surface area (Å²) < 4.78 is 26.4. The molecule has 0 saturated heterocycles. The van der Waals surface area contributed by atoms with E-state index >= 15 is 0 Å². The van der Waals surface area contributed by atoms with Crippen LogP contribution in [0.3, 0.4) is 0 Å². The topological polar surface area (TPSA) is 119 Å². The quantitative estimate of drug-likeness (QED) is 0.378. The maximum Gasteiger partial charge on any atom is 0.252 e. The Morgan fingerprint density at radius 1 is 1.06 bits per heavy atom. The van der Waals surface area contributed by atoms with Gasteiger partial charge in [0.25, 0.3) is 5.91 Å². The molecule has 0 aliphatic rings. The first-order valence-corrected chi connectivity index (χ1v) is 12.9. The Morgan fingerprint density at radius 3 is 2.45 bits per heavy atom. The zero-order valence-electron chi connectivity index (χ0n) is 17.7. The van der Waals surface area contributed by atoms with Crippen LogP contribution >= 0.6 is 11.3 Å². The number of carbonyl (C=O) groups excluding carboxylic acids is 1. The minimum absolute atomic E-state index is 0.189. The van der Waals surface area contributed by atoms with Crippen molar-refractivity contribution in [2.24, 2.45) is 0 Å². The van der Waals surface area contributed by atoms with Crippen LogP contribution in [-0.4, -0.2) is 47.1 Å². The van der Waals surface area contributed by atoms with E-state index in [-0.39, 0.29) is 12.5 Å². The lowest BCUT2D eigenvalue weighted by Gasteiger charge is -2.17. The third-order valence-corrected chi connectivity index (χ3v) is 6.36. The van der Waals surface area contributed by atoms with E-state index in [1.54, 1.807) is 23.0 Å². The second-order valence-electron chi connectivity index (χ2n) is 7.29. The molecule has 1 atom stereocenters. The minimum Gasteiger partial charge on any atom is -0.339 e. The lowest BCUT2D eigenvalue weighted by Crippen LogP contribution is -2.29. The smallest absolute Gasteiger partial charge is 0.252 e. The van der Waals surface area contributed by atoms with Gasteiger partial charge in [0.1, 0.15) is 22.4 Å². The Labute approximate surface area is 195 Å². The first kappa shape index (κ1) is 22.8. The van der Waals surface area contributed by atoms with Crippen LogP contribution in [-0.2, 0) is 16.6 Å². The zero-order chi connectivity index (χ0) is 23.3. The average Bonchev–Trinajstić information content (AvgIpc) is 3.47. The Balaban J connectivity index is 1.54. The van der Waals surface area contributed by atoms with E-state index in [1.807, 2.05) is 53.9 Å². The lowest BCUT2D eigenvalue weighted by atomic mass is 10.1. The van der Waals surface area contributed by atoms with Crippen molar-refractivity contribution in [1.29, 1.82) is 0 Å². The molecule has 0 saturated carbocycles. The van der Waals surface area contributed by atoms with E-state index < -0.39 is 16.1 Å². The number of thiazole rings is 1. The van der Waals surface area contributed by atoms with Gasteiger partial charge in [0.2, 0.25) is 10.0 Å². The zero-order valence-corrected chi connectivity index (χ0v) is 19.4. The van der Waals surface area contributed by atoms with Crippen molar-refractivity contribution in [2.75, 3.05) is 12.8 Å². The van der Waals surface area contributed by atoms with E-state index in [9.17, 15) is 13.2 Å². The summed E-state index contributed by atoms with van der Waals surface area (Å²) in [5.41, 5.74) is 2.68. The first-order valence-electron chi connectivity index (χ1n) is 10.1. The summed E-state index contributed by atoms with van der Waals surface area (Å²) in [4.78, 5) is 17.6. The van der Waals surface area contributed by atoms with Crippen LogP contribution in [0.15, 0.2) is 72.2 Å². The van der Waals surface area contributed by atoms with Crippen molar-refractivity contribution in [1.82, 2.24) is 30.0 Å². The van der Waals surface area contributed by atoms with Gasteiger partial charge in [0.05, 0.1) is 19.0 Å². The number of benzene rings is 2. The van der Waals surface area contributed by atoms with Gasteiger partial charge in [-0.3, -0.25) is 9.48 Å². The van der Waals surface area contributed by atoms with E-state index in [4.69, 9.17) is 4.98 Å². The number of amides is 1. The lowest BCUT2D eigenvalue weighted by molar-refractivity contribution is 0.0943. The summed E-state index contributed by atoms with van der Waals surface area (Å²) in [5.74, 6) is -0.189. The van der Waals surface area contributed by atoms with Gasteiger partial charge in [-0.25, -0.2) is 18.1 Å². The summed E-state index contributed by atoms with van der Waals surface area (Å²) in [6.45, 7) is 0.558. The summed E-state index contributed by atoms with van der Waals surface area (Å²) >= 11 is 1.42. The number of carbonyl (C=O) groups is 1. The van der Waals surface area contributed by atoms with Crippen LogP contribution in [0, 0.1) is 0 Å². The number of hydrogen-bond acceptors (Lipinski definition) is 7. The molecule has 11 heteroatoms. The molecule has 1 amide bonds. The van der Waals surface area contributed by atoms with E-state index in [1.165, 1.54) is 11.3 Å². The molecular weight excluding hydrogens is 460 g/mol. The summed E-state index contributed by atoms with van der Waals surface area (Å²) in [6, 6.07) is 18.3. The Morgan fingerprint density at radius 2 is 1.76 bits per heavy atom. The van der Waals surface area contributed by atoms with E-state index in [2.05, 4.69) is 20.4 Å². The van der Waals surface area contributed by atoms with Crippen LogP contribution < -0.4 is 10.0 Å². The molecule has 0 aliphatic heterocycles. The predicted molar refractivity (Wildman–Crippen MR) is 126 cm³/mol. The molecule has 2 heterocycles. The van der Waals surface area contributed by atoms with Crippen LogP contribution in [0.25, 0.3) is 11.4 Å². The molecule has 0 spiro atoms. The molecular formula is C22H22N6O3S2. The highest BCUT2D eigenvalue weighted by Crippen LogP contribution is 2.28. The molecule has 170 valence electrons. The molecule has 9 nitrogen and oxygen atoms in total. The van der Waals surface area contributed by atoms with E-state index in [0.29, 0.717) is 28.5 Å². The van der Waals surface area contributed by atoms with Crippen LogP contribution in [0.5, 0.6) is 0 Å². The van der Waals surface area contributed by atoms with Crippen LogP contribution in [0.1, 0.15) is 27.0 Å². The normalized spacial score (nSPS) is 12.4.